The molecule has 1 aromatic carbocycles. The lowest BCUT2D eigenvalue weighted by Gasteiger charge is -2.60. The molecular weight excluding hydrogens is 588 g/mol. The standard InChI is InChI=1S/C35H48N4O7/c1-34(2)19-9-8-16(21(34)13-19)14-39(7)15-18-12-23(40)25-20(27(18)37(3)4)10-17-11-22-28(38(5)6)30(42)26(33(36)45)32(44)35(22,46)31(43)24(17)29(25)41/h12,16-17,19,21-22,24,26,28,40,46H,8-11,13-15H2,1-7H3,(H2,36,45)/t16-,17+,19?,21?,22+,24?,26?,28+,35+/m1/s1. The number of aromatic hydroxyl groups is 1. The van der Waals surface area contributed by atoms with Gasteiger partial charge in [0.25, 0.3) is 0 Å². The fraction of sp³-hybridized carbons (Fsp3) is 0.686. The van der Waals surface area contributed by atoms with E-state index in [0.29, 0.717) is 29.4 Å². The van der Waals surface area contributed by atoms with Crippen molar-refractivity contribution in [3.63, 3.8) is 0 Å². The average Bonchev–Trinajstić information content (AvgIpc) is 2.94. The summed E-state index contributed by atoms with van der Waals surface area (Å²) in [5.41, 5.74) is 5.39. The van der Waals surface area contributed by atoms with E-state index in [1.54, 1.807) is 20.2 Å². The van der Waals surface area contributed by atoms with Gasteiger partial charge in [0.05, 0.1) is 17.5 Å². The Morgan fingerprint density at radius 1 is 1.00 bits per heavy atom. The molecule has 4 N–H and O–H groups in total. The molecule has 2 bridgehead atoms. The van der Waals surface area contributed by atoms with Crippen molar-refractivity contribution < 1.29 is 34.2 Å². The second-order valence-corrected chi connectivity index (χ2v) is 15.8. The first-order valence-corrected chi connectivity index (χ1v) is 16.5. The molecule has 0 heterocycles. The zero-order chi connectivity index (χ0) is 33.8. The maximum absolute atomic E-state index is 14.2. The summed E-state index contributed by atoms with van der Waals surface area (Å²) in [6.45, 7) is 6.27. The molecule has 5 fully saturated rings. The molecule has 0 radical (unpaired) electrons. The van der Waals surface area contributed by atoms with Gasteiger partial charge in [0.15, 0.2) is 34.7 Å². The van der Waals surface area contributed by atoms with E-state index in [-0.39, 0.29) is 24.2 Å². The number of amides is 1. The van der Waals surface area contributed by atoms with Crippen LogP contribution in [-0.4, -0.2) is 102 Å². The molecular formula is C35H48N4O7. The molecule has 1 amide bonds. The number of aliphatic hydroxyl groups is 1. The molecule has 9 atom stereocenters. The minimum absolute atomic E-state index is 0.0243. The fourth-order valence-corrected chi connectivity index (χ4v) is 10.3. The minimum Gasteiger partial charge on any atom is -0.507 e. The molecule has 11 heteroatoms. The third kappa shape index (κ3) is 4.52. The Morgan fingerprint density at radius 2 is 1.67 bits per heavy atom. The second kappa shape index (κ2) is 11.0. The number of nitrogens with two attached hydrogens (primary N) is 1. The Morgan fingerprint density at radius 3 is 2.24 bits per heavy atom. The first kappa shape index (κ1) is 32.8. The van der Waals surface area contributed by atoms with Gasteiger partial charge in [-0.15, -0.1) is 0 Å². The number of rotatable bonds is 7. The van der Waals surface area contributed by atoms with Gasteiger partial charge >= 0.3 is 0 Å². The van der Waals surface area contributed by atoms with Gasteiger partial charge in [-0.25, -0.2) is 0 Å². The largest absolute Gasteiger partial charge is 0.507 e. The quantitative estimate of drug-likeness (QED) is 0.374. The molecule has 0 aromatic heterocycles. The highest BCUT2D eigenvalue weighted by Gasteiger charge is 2.69. The summed E-state index contributed by atoms with van der Waals surface area (Å²) in [6.07, 6.45) is 4.05. The normalized spacial score (nSPS) is 36.2. The van der Waals surface area contributed by atoms with E-state index >= 15 is 0 Å². The van der Waals surface area contributed by atoms with Crippen LogP contribution in [0.15, 0.2) is 6.07 Å². The predicted octanol–water partition coefficient (Wildman–Crippen LogP) is 1.44. The second-order valence-electron chi connectivity index (χ2n) is 15.8. The number of primary amides is 1. The molecule has 6 aliphatic carbocycles. The first-order chi connectivity index (χ1) is 21.4. The summed E-state index contributed by atoms with van der Waals surface area (Å²) >= 11 is 0. The van der Waals surface area contributed by atoms with Gasteiger partial charge in [-0.2, -0.15) is 0 Å². The zero-order valence-electron chi connectivity index (χ0n) is 28.0. The van der Waals surface area contributed by atoms with Crippen molar-refractivity contribution in [2.45, 2.75) is 64.1 Å². The number of Topliss-reactive ketones (excluding diaryl/α,β-unsaturated/α-hetero) is 4. The number of benzene rings is 1. The van der Waals surface area contributed by atoms with Crippen LogP contribution in [0.3, 0.4) is 0 Å². The zero-order valence-corrected chi connectivity index (χ0v) is 28.0. The molecule has 5 saturated carbocycles. The van der Waals surface area contributed by atoms with E-state index in [1.165, 1.54) is 24.2 Å². The van der Waals surface area contributed by atoms with Crippen LogP contribution in [0, 0.1) is 46.8 Å². The van der Waals surface area contributed by atoms with Crippen molar-refractivity contribution in [2.24, 2.45) is 52.6 Å². The van der Waals surface area contributed by atoms with E-state index in [0.717, 1.165) is 23.7 Å². The highest BCUT2D eigenvalue weighted by Crippen LogP contribution is 2.61. The van der Waals surface area contributed by atoms with Crippen LogP contribution in [0.1, 0.15) is 61.0 Å². The lowest BCUT2D eigenvalue weighted by atomic mass is 9.45. The molecule has 0 aliphatic heterocycles. The van der Waals surface area contributed by atoms with Gasteiger partial charge in [-0.1, -0.05) is 13.8 Å². The monoisotopic (exact) mass is 636 g/mol. The summed E-state index contributed by atoms with van der Waals surface area (Å²) in [4.78, 5) is 73.1. The topological polar surface area (TPSA) is 162 Å². The van der Waals surface area contributed by atoms with Crippen molar-refractivity contribution in [3.05, 3.63) is 22.8 Å². The maximum Gasteiger partial charge on any atom is 0.235 e. The lowest BCUT2D eigenvalue weighted by Crippen LogP contribution is -2.74. The van der Waals surface area contributed by atoms with Crippen LogP contribution >= 0.6 is 0 Å². The van der Waals surface area contributed by atoms with Crippen LogP contribution in [0.2, 0.25) is 0 Å². The highest BCUT2D eigenvalue weighted by atomic mass is 16.3. The first-order valence-electron chi connectivity index (χ1n) is 16.5. The number of anilines is 1. The average molecular weight is 637 g/mol. The number of likely N-dealkylation sites (N-methyl/N-ethyl adjacent to an activating group) is 1. The minimum atomic E-state index is -2.73. The molecule has 6 aliphatic rings. The Kier molecular flexibility index (Phi) is 7.80. The van der Waals surface area contributed by atoms with Gasteiger partial charge in [0.1, 0.15) is 5.75 Å². The van der Waals surface area contributed by atoms with Gasteiger partial charge in [-0.3, -0.25) is 28.9 Å². The number of hydrogen-bond acceptors (Lipinski definition) is 10. The molecule has 250 valence electrons. The van der Waals surface area contributed by atoms with Crippen molar-refractivity contribution in [1.82, 2.24) is 9.80 Å². The SMILES string of the molecule is CN(Cc1cc(O)c2c(c1N(C)C)C[C@H]1C[C@H]3[C@H](N(C)C)C(=O)C(C(N)=O)C(=O)[C@@]3(O)C(=O)C1C2=O)C[C@H]1CCC2CC1C2(C)C. The number of carbonyl (C=O) groups excluding carboxylic acids is 5. The number of carbonyl (C=O) groups is 5. The number of phenolic OH excluding ortho intramolecular Hbond substituents is 1. The van der Waals surface area contributed by atoms with Crippen LogP contribution in [0.25, 0.3) is 0 Å². The highest BCUT2D eigenvalue weighted by molar-refractivity contribution is 6.32. The maximum atomic E-state index is 14.2. The summed E-state index contributed by atoms with van der Waals surface area (Å²) in [7, 11) is 9.03. The molecule has 4 unspecified atom stereocenters. The van der Waals surface area contributed by atoms with Crippen LogP contribution < -0.4 is 10.6 Å². The summed E-state index contributed by atoms with van der Waals surface area (Å²) in [5.74, 6) is -8.19. The van der Waals surface area contributed by atoms with E-state index in [1.807, 2.05) is 19.0 Å². The van der Waals surface area contributed by atoms with Gasteiger partial charge in [-0.05, 0) is 99.5 Å². The molecule has 46 heavy (non-hydrogen) atoms. The fourth-order valence-electron chi connectivity index (χ4n) is 10.3. The number of fused-ring (bicyclic) bond motifs is 5. The Bertz CT molecular complexity index is 1530. The van der Waals surface area contributed by atoms with Crippen molar-refractivity contribution in [1.29, 1.82) is 0 Å². The summed E-state index contributed by atoms with van der Waals surface area (Å²) in [6, 6.07) is 0.479. The number of hydrogen-bond donors (Lipinski definition) is 3. The van der Waals surface area contributed by atoms with E-state index in [9.17, 15) is 34.2 Å². The molecule has 0 spiro atoms. The van der Waals surface area contributed by atoms with Crippen LogP contribution in [0.4, 0.5) is 5.69 Å². The third-order valence-corrected chi connectivity index (χ3v) is 12.5. The van der Waals surface area contributed by atoms with Crippen molar-refractivity contribution >= 4 is 34.7 Å². The molecule has 11 nitrogen and oxygen atoms in total. The van der Waals surface area contributed by atoms with Crippen LogP contribution in [0.5, 0.6) is 5.75 Å². The van der Waals surface area contributed by atoms with E-state index in [2.05, 4.69) is 25.8 Å². The van der Waals surface area contributed by atoms with Gasteiger partial charge < -0.3 is 25.7 Å². The predicted molar refractivity (Wildman–Crippen MR) is 170 cm³/mol. The number of phenols is 1. The smallest absolute Gasteiger partial charge is 0.235 e. The molecule has 7 rings (SSSR count). The lowest BCUT2D eigenvalue weighted by molar-refractivity contribution is -0.181. The summed E-state index contributed by atoms with van der Waals surface area (Å²) in [5, 5.41) is 23.2. The van der Waals surface area contributed by atoms with Crippen LogP contribution in [-0.2, 0) is 32.1 Å². The molecule has 0 saturated heterocycles. The van der Waals surface area contributed by atoms with E-state index < -0.39 is 64.4 Å². The van der Waals surface area contributed by atoms with Crippen molar-refractivity contribution in [2.75, 3.05) is 46.7 Å². The van der Waals surface area contributed by atoms with Crippen molar-refractivity contribution in [3.8, 4) is 5.75 Å². The summed E-state index contributed by atoms with van der Waals surface area (Å²) < 4.78 is 0. The van der Waals surface area contributed by atoms with E-state index in [4.69, 9.17) is 5.73 Å². The number of nitrogens with zero attached hydrogens (tertiary/aromatic N) is 3. The van der Waals surface area contributed by atoms with Gasteiger partial charge in [0.2, 0.25) is 5.91 Å². The Labute approximate surface area is 270 Å². The molecule has 1 aromatic rings. The Balaban J connectivity index is 1.35. The Hall–Kier alpha value is -3.15. The number of ketones is 4. The third-order valence-electron chi connectivity index (χ3n) is 12.5. The van der Waals surface area contributed by atoms with Gasteiger partial charge in [0, 0.05) is 38.8 Å².